The van der Waals surface area contributed by atoms with Crippen LogP contribution in [-0.4, -0.2) is 39.7 Å². The molecular formula is C14H20N2O3. The Morgan fingerprint density at radius 1 is 1.37 bits per heavy atom. The van der Waals surface area contributed by atoms with Crippen LogP contribution < -0.4 is 0 Å². The minimum atomic E-state index is -0.885. The average molecular weight is 264 g/mol. The van der Waals surface area contributed by atoms with Gasteiger partial charge in [0.1, 0.15) is 6.10 Å². The number of likely N-dealkylation sites (tertiary alicyclic amines) is 1. The second-order valence-corrected chi connectivity index (χ2v) is 5.26. The molecule has 1 N–H and O–H groups in total. The van der Waals surface area contributed by atoms with E-state index in [1.165, 1.54) is 5.56 Å². The van der Waals surface area contributed by atoms with Crippen molar-refractivity contribution in [1.82, 2.24) is 4.90 Å². The van der Waals surface area contributed by atoms with E-state index in [1.807, 2.05) is 30.3 Å². The summed E-state index contributed by atoms with van der Waals surface area (Å²) in [7, 11) is 0. The number of benzene rings is 1. The molecule has 1 heterocycles. The van der Waals surface area contributed by atoms with Gasteiger partial charge in [-0.25, -0.2) is 0 Å². The minimum Gasteiger partial charge on any atom is -0.385 e. The van der Waals surface area contributed by atoms with E-state index in [4.69, 9.17) is 0 Å². The molecule has 5 nitrogen and oxygen atoms in total. The Hall–Kier alpha value is -1.46. The molecule has 5 heteroatoms. The first kappa shape index (κ1) is 14.0. The standard InChI is InChI=1S/C14H20N2O3/c1-11-7-8-13(16(18)19)14(17)10-15(11)9-12-5-3-2-4-6-12/h2-6,11,13-14,17H,7-10H2,1H3. The lowest BCUT2D eigenvalue weighted by Gasteiger charge is -2.27. The molecule has 19 heavy (non-hydrogen) atoms. The maximum Gasteiger partial charge on any atom is 0.239 e. The van der Waals surface area contributed by atoms with Crippen LogP contribution in [0, 0.1) is 10.1 Å². The highest BCUT2D eigenvalue weighted by Crippen LogP contribution is 2.21. The third kappa shape index (κ3) is 3.52. The van der Waals surface area contributed by atoms with Crippen molar-refractivity contribution >= 4 is 0 Å². The lowest BCUT2D eigenvalue weighted by Crippen LogP contribution is -2.41. The fraction of sp³-hybridized carbons (Fsp3) is 0.571. The van der Waals surface area contributed by atoms with Crippen LogP contribution in [0.3, 0.4) is 0 Å². The van der Waals surface area contributed by atoms with Gasteiger partial charge in [0.2, 0.25) is 6.04 Å². The van der Waals surface area contributed by atoms with Gasteiger partial charge in [0.05, 0.1) is 0 Å². The van der Waals surface area contributed by atoms with Crippen molar-refractivity contribution in [3.8, 4) is 0 Å². The predicted molar refractivity (Wildman–Crippen MR) is 72.3 cm³/mol. The topological polar surface area (TPSA) is 66.6 Å². The van der Waals surface area contributed by atoms with E-state index in [2.05, 4.69) is 11.8 Å². The number of β-amino-alcohol motifs (C(OH)–C–C–N with tert-alkyl or cyclic N) is 1. The van der Waals surface area contributed by atoms with E-state index in [-0.39, 0.29) is 11.0 Å². The van der Waals surface area contributed by atoms with E-state index < -0.39 is 12.1 Å². The molecule has 1 aromatic carbocycles. The molecule has 2 rings (SSSR count). The van der Waals surface area contributed by atoms with E-state index in [9.17, 15) is 15.2 Å². The summed E-state index contributed by atoms with van der Waals surface area (Å²) >= 11 is 0. The monoisotopic (exact) mass is 264 g/mol. The summed E-state index contributed by atoms with van der Waals surface area (Å²) in [5, 5.41) is 20.9. The molecule has 1 saturated heterocycles. The van der Waals surface area contributed by atoms with Gasteiger partial charge in [-0.3, -0.25) is 15.0 Å². The Bertz CT molecular complexity index is 424. The highest BCUT2D eigenvalue weighted by atomic mass is 16.6. The largest absolute Gasteiger partial charge is 0.385 e. The fourth-order valence-electron chi connectivity index (χ4n) is 2.61. The summed E-state index contributed by atoms with van der Waals surface area (Å²) in [6.45, 7) is 3.16. The highest BCUT2D eigenvalue weighted by Gasteiger charge is 2.36. The van der Waals surface area contributed by atoms with Crippen molar-refractivity contribution in [2.45, 2.75) is 44.5 Å². The summed E-state index contributed by atoms with van der Waals surface area (Å²) in [5.41, 5.74) is 1.17. The van der Waals surface area contributed by atoms with Crippen molar-refractivity contribution in [2.24, 2.45) is 0 Å². The quantitative estimate of drug-likeness (QED) is 0.666. The summed E-state index contributed by atoms with van der Waals surface area (Å²) in [6.07, 6.45) is 0.305. The van der Waals surface area contributed by atoms with Crippen molar-refractivity contribution in [1.29, 1.82) is 0 Å². The molecule has 1 aromatic rings. The molecule has 1 aliphatic heterocycles. The van der Waals surface area contributed by atoms with Gasteiger partial charge >= 0.3 is 0 Å². The van der Waals surface area contributed by atoms with Crippen molar-refractivity contribution in [3.05, 3.63) is 46.0 Å². The summed E-state index contributed by atoms with van der Waals surface area (Å²) in [5.74, 6) is 0. The number of rotatable bonds is 3. The van der Waals surface area contributed by atoms with Gasteiger partial charge in [-0.1, -0.05) is 30.3 Å². The first-order valence-electron chi connectivity index (χ1n) is 6.67. The Balaban J connectivity index is 2.06. The molecule has 0 bridgehead atoms. The lowest BCUT2D eigenvalue weighted by atomic mass is 10.1. The van der Waals surface area contributed by atoms with Crippen LogP contribution in [0.25, 0.3) is 0 Å². The van der Waals surface area contributed by atoms with Gasteiger partial charge in [-0.15, -0.1) is 0 Å². The van der Waals surface area contributed by atoms with Gasteiger partial charge in [0, 0.05) is 30.5 Å². The Kier molecular flexibility index (Phi) is 4.50. The minimum absolute atomic E-state index is 0.250. The second-order valence-electron chi connectivity index (χ2n) is 5.26. The number of hydrogen-bond donors (Lipinski definition) is 1. The van der Waals surface area contributed by atoms with Gasteiger partial charge in [0.25, 0.3) is 0 Å². The molecule has 0 aliphatic carbocycles. The predicted octanol–water partition coefficient (Wildman–Crippen LogP) is 1.68. The van der Waals surface area contributed by atoms with Crippen LogP contribution in [0.2, 0.25) is 0 Å². The van der Waals surface area contributed by atoms with Crippen LogP contribution in [0.15, 0.2) is 30.3 Å². The third-order valence-corrected chi connectivity index (χ3v) is 3.87. The van der Waals surface area contributed by atoms with Crippen LogP contribution in [0.5, 0.6) is 0 Å². The molecule has 0 aromatic heterocycles. The molecule has 3 atom stereocenters. The van der Waals surface area contributed by atoms with Gasteiger partial charge in [0.15, 0.2) is 0 Å². The first-order valence-corrected chi connectivity index (χ1v) is 6.67. The Morgan fingerprint density at radius 2 is 2.05 bits per heavy atom. The molecule has 0 spiro atoms. The highest BCUT2D eigenvalue weighted by molar-refractivity contribution is 5.14. The van der Waals surface area contributed by atoms with E-state index >= 15 is 0 Å². The van der Waals surface area contributed by atoms with Crippen LogP contribution in [0.4, 0.5) is 0 Å². The second kappa shape index (κ2) is 6.12. The molecule has 3 unspecified atom stereocenters. The summed E-state index contributed by atoms with van der Waals surface area (Å²) in [6, 6.07) is 9.42. The lowest BCUT2D eigenvalue weighted by molar-refractivity contribution is -0.534. The number of aliphatic hydroxyl groups is 1. The molecular weight excluding hydrogens is 244 g/mol. The summed E-state index contributed by atoms with van der Waals surface area (Å²) in [4.78, 5) is 12.7. The summed E-state index contributed by atoms with van der Waals surface area (Å²) < 4.78 is 0. The molecule has 1 aliphatic rings. The number of hydrogen-bond acceptors (Lipinski definition) is 4. The van der Waals surface area contributed by atoms with E-state index in [1.54, 1.807) is 0 Å². The molecule has 0 saturated carbocycles. The van der Waals surface area contributed by atoms with Crippen molar-refractivity contribution in [2.75, 3.05) is 6.54 Å². The normalized spacial score (nSPS) is 28.8. The fourth-order valence-corrected chi connectivity index (χ4v) is 2.61. The zero-order valence-corrected chi connectivity index (χ0v) is 11.1. The Labute approximate surface area is 113 Å². The average Bonchev–Trinajstić information content (AvgIpc) is 2.51. The maximum atomic E-state index is 10.9. The smallest absolute Gasteiger partial charge is 0.239 e. The SMILES string of the molecule is CC1CCC([N+](=O)[O-])C(O)CN1Cc1ccccc1. The third-order valence-electron chi connectivity index (χ3n) is 3.87. The van der Waals surface area contributed by atoms with Crippen LogP contribution in [0.1, 0.15) is 25.3 Å². The zero-order valence-electron chi connectivity index (χ0n) is 11.1. The molecule has 104 valence electrons. The molecule has 0 radical (unpaired) electrons. The maximum absolute atomic E-state index is 10.9. The van der Waals surface area contributed by atoms with Crippen LogP contribution >= 0.6 is 0 Å². The van der Waals surface area contributed by atoms with E-state index in [0.29, 0.717) is 13.0 Å². The molecule has 0 amide bonds. The van der Waals surface area contributed by atoms with E-state index in [0.717, 1.165) is 13.0 Å². The zero-order chi connectivity index (χ0) is 13.8. The van der Waals surface area contributed by atoms with Crippen LogP contribution in [-0.2, 0) is 6.54 Å². The number of nitrogens with zero attached hydrogens (tertiary/aromatic N) is 2. The van der Waals surface area contributed by atoms with Gasteiger partial charge in [-0.05, 0) is 18.9 Å². The number of aliphatic hydroxyl groups excluding tert-OH is 1. The first-order chi connectivity index (χ1) is 9.08. The van der Waals surface area contributed by atoms with Gasteiger partial charge < -0.3 is 5.11 Å². The molecule has 1 fully saturated rings. The number of nitro groups is 1. The van der Waals surface area contributed by atoms with Crippen molar-refractivity contribution < 1.29 is 10.0 Å². The van der Waals surface area contributed by atoms with Crippen molar-refractivity contribution in [3.63, 3.8) is 0 Å². The Morgan fingerprint density at radius 3 is 2.68 bits per heavy atom. The van der Waals surface area contributed by atoms with Gasteiger partial charge in [-0.2, -0.15) is 0 Å².